The van der Waals surface area contributed by atoms with E-state index < -0.39 is 18.2 Å². The number of ether oxygens (including phenoxy) is 2. The molecule has 2 heterocycles. The fraction of sp³-hybridized carbons (Fsp3) is 0.353. The predicted octanol–water partition coefficient (Wildman–Crippen LogP) is 1.85. The Morgan fingerprint density at radius 3 is 2.76 bits per heavy atom. The number of aromatic nitrogens is 2. The van der Waals surface area contributed by atoms with Gasteiger partial charge in [-0.3, -0.25) is 4.79 Å². The highest BCUT2D eigenvalue weighted by atomic mass is 16.8. The Hall–Kier alpha value is -2.71. The molecule has 2 aromatic rings. The van der Waals surface area contributed by atoms with Gasteiger partial charge in [0.15, 0.2) is 12.0 Å². The summed E-state index contributed by atoms with van der Waals surface area (Å²) in [6.07, 6.45) is 2.21. The van der Waals surface area contributed by atoms with Gasteiger partial charge < -0.3 is 9.47 Å². The molecule has 0 bridgehead atoms. The van der Waals surface area contributed by atoms with Crippen molar-refractivity contribution in [3.05, 3.63) is 47.8 Å². The number of amides is 1. The van der Waals surface area contributed by atoms with Gasteiger partial charge in [-0.15, -0.1) is 0 Å². The summed E-state index contributed by atoms with van der Waals surface area (Å²) in [4.78, 5) is 29.6. The molecule has 0 aliphatic carbocycles. The van der Waals surface area contributed by atoms with Crippen LogP contribution < -0.4 is 5.48 Å². The number of methoxy groups -OCH3 is 1. The molecule has 1 N–H and O–H groups in total. The van der Waals surface area contributed by atoms with Crippen LogP contribution in [0.4, 0.5) is 0 Å². The highest BCUT2D eigenvalue weighted by molar-refractivity contribution is 5.96. The van der Waals surface area contributed by atoms with E-state index >= 15 is 0 Å². The lowest BCUT2D eigenvalue weighted by Gasteiger charge is -2.22. The topological polar surface area (TPSA) is 91.7 Å². The lowest BCUT2D eigenvalue weighted by atomic mass is 10.2. The van der Waals surface area contributed by atoms with Crippen molar-refractivity contribution >= 4 is 11.9 Å². The highest BCUT2D eigenvalue weighted by Gasteiger charge is 2.22. The Morgan fingerprint density at radius 1 is 1.28 bits per heavy atom. The third-order valence-electron chi connectivity index (χ3n) is 3.76. The van der Waals surface area contributed by atoms with Gasteiger partial charge in [-0.1, -0.05) is 18.2 Å². The van der Waals surface area contributed by atoms with Crippen molar-refractivity contribution < 1.29 is 23.9 Å². The Bertz CT molecular complexity index is 738. The van der Waals surface area contributed by atoms with Crippen LogP contribution in [0.15, 0.2) is 36.4 Å². The molecule has 0 spiro atoms. The minimum absolute atomic E-state index is 0.0328. The van der Waals surface area contributed by atoms with Crippen molar-refractivity contribution in [3.63, 3.8) is 0 Å². The molecule has 132 valence electrons. The maximum Gasteiger partial charge on any atom is 0.358 e. The number of carbonyl (C=O) groups is 2. The van der Waals surface area contributed by atoms with Gasteiger partial charge in [-0.05, 0) is 25.0 Å². The summed E-state index contributed by atoms with van der Waals surface area (Å²) in [5.74, 6) is -1.15. The van der Waals surface area contributed by atoms with Crippen LogP contribution in [0, 0.1) is 0 Å². The number of esters is 1. The van der Waals surface area contributed by atoms with E-state index in [-0.39, 0.29) is 11.4 Å². The lowest BCUT2D eigenvalue weighted by molar-refractivity contribution is -0.186. The molecule has 0 radical (unpaired) electrons. The number of hydrogen-bond acceptors (Lipinski definition) is 6. The second-order valence-corrected chi connectivity index (χ2v) is 5.50. The van der Waals surface area contributed by atoms with Crippen LogP contribution in [0.1, 0.15) is 40.2 Å². The molecule has 0 saturated carbocycles. The van der Waals surface area contributed by atoms with E-state index in [4.69, 9.17) is 9.57 Å². The summed E-state index contributed by atoms with van der Waals surface area (Å²) in [5, 5.41) is 4.16. The summed E-state index contributed by atoms with van der Waals surface area (Å²) in [5.41, 5.74) is 3.20. The second-order valence-electron chi connectivity index (χ2n) is 5.50. The van der Waals surface area contributed by atoms with E-state index in [1.807, 2.05) is 18.2 Å². The van der Waals surface area contributed by atoms with E-state index in [2.05, 4.69) is 15.3 Å². The lowest BCUT2D eigenvalue weighted by Crippen LogP contribution is -2.34. The highest BCUT2D eigenvalue weighted by Crippen LogP contribution is 2.15. The van der Waals surface area contributed by atoms with Crippen molar-refractivity contribution in [3.8, 4) is 5.69 Å². The van der Waals surface area contributed by atoms with Crippen LogP contribution in [0.3, 0.4) is 0 Å². The minimum Gasteiger partial charge on any atom is -0.464 e. The monoisotopic (exact) mass is 345 g/mol. The van der Waals surface area contributed by atoms with E-state index in [0.29, 0.717) is 18.7 Å². The largest absolute Gasteiger partial charge is 0.464 e. The third-order valence-corrected chi connectivity index (χ3v) is 3.76. The summed E-state index contributed by atoms with van der Waals surface area (Å²) in [7, 11) is 1.26. The van der Waals surface area contributed by atoms with E-state index in [1.54, 1.807) is 12.1 Å². The molecule has 1 aliphatic rings. The Balaban J connectivity index is 1.81. The number of carbonyl (C=O) groups excluding carboxylic acids is 2. The van der Waals surface area contributed by atoms with Crippen LogP contribution in [0.25, 0.3) is 5.69 Å². The molecule has 1 aromatic heterocycles. The molecule has 8 heteroatoms. The van der Waals surface area contributed by atoms with Crippen molar-refractivity contribution in [2.75, 3.05) is 13.7 Å². The summed E-state index contributed by atoms with van der Waals surface area (Å²) in [6, 6.07) is 10.4. The molecule has 1 amide bonds. The molecule has 25 heavy (non-hydrogen) atoms. The fourth-order valence-electron chi connectivity index (χ4n) is 2.49. The zero-order valence-corrected chi connectivity index (χ0v) is 13.8. The van der Waals surface area contributed by atoms with Crippen LogP contribution in [-0.4, -0.2) is 41.7 Å². The van der Waals surface area contributed by atoms with Crippen LogP contribution in [0.2, 0.25) is 0 Å². The number of rotatable bonds is 5. The number of nitrogens with one attached hydrogen (secondary N) is 1. The van der Waals surface area contributed by atoms with Gasteiger partial charge in [0.1, 0.15) is 5.69 Å². The average molecular weight is 345 g/mol. The number of para-hydroxylation sites is 1. The normalized spacial score (nSPS) is 17.1. The van der Waals surface area contributed by atoms with Crippen molar-refractivity contribution in [1.82, 2.24) is 15.3 Å². The first-order valence-corrected chi connectivity index (χ1v) is 8.00. The molecule has 8 nitrogen and oxygen atoms in total. The average Bonchev–Trinajstić information content (AvgIpc) is 3.12. The van der Waals surface area contributed by atoms with Crippen molar-refractivity contribution in [1.29, 1.82) is 0 Å². The molecule has 3 rings (SSSR count). The first-order valence-electron chi connectivity index (χ1n) is 8.00. The van der Waals surface area contributed by atoms with E-state index in [1.165, 1.54) is 17.9 Å². The summed E-state index contributed by atoms with van der Waals surface area (Å²) < 4.78 is 11.5. The van der Waals surface area contributed by atoms with Gasteiger partial charge in [0.05, 0.1) is 12.8 Å². The van der Waals surface area contributed by atoms with Crippen molar-refractivity contribution in [2.24, 2.45) is 0 Å². The van der Waals surface area contributed by atoms with E-state index in [9.17, 15) is 9.59 Å². The molecular formula is C17H19N3O5. The Morgan fingerprint density at radius 2 is 2.08 bits per heavy atom. The molecule has 1 aromatic carbocycles. The van der Waals surface area contributed by atoms with Gasteiger partial charge in [0.25, 0.3) is 5.91 Å². The predicted molar refractivity (Wildman–Crippen MR) is 87.0 cm³/mol. The minimum atomic E-state index is -0.625. The van der Waals surface area contributed by atoms with Gasteiger partial charge in [-0.25, -0.2) is 19.8 Å². The van der Waals surface area contributed by atoms with Crippen LogP contribution in [-0.2, 0) is 14.3 Å². The zero-order valence-electron chi connectivity index (χ0n) is 13.8. The maximum absolute atomic E-state index is 12.5. The van der Waals surface area contributed by atoms with Gasteiger partial charge in [0, 0.05) is 19.1 Å². The van der Waals surface area contributed by atoms with Gasteiger partial charge in [0.2, 0.25) is 0 Å². The molecule has 1 atom stereocenters. The maximum atomic E-state index is 12.5. The molecule has 0 unspecified atom stereocenters. The SMILES string of the molecule is COC(=O)c1cc(C(=O)NO[C@@H]2CCCCO2)n(-c2ccccc2)n1. The standard InChI is InChI=1S/C17H19N3O5/c1-23-17(22)13-11-14(20(18-13)12-7-3-2-4-8-12)16(21)19-25-15-9-5-6-10-24-15/h2-4,7-8,11,15H,5-6,9-10H2,1H3,(H,19,21)/t15-/m1/s1. The smallest absolute Gasteiger partial charge is 0.358 e. The number of benzene rings is 1. The summed E-state index contributed by atoms with van der Waals surface area (Å²) in [6.45, 7) is 0.606. The molecule has 1 aliphatic heterocycles. The van der Waals surface area contributed by atoms with Gasteiger partial charge >= 0.3 is 5.97 Å². The first-order chi connectivity index (χ1) is 12.2. The van der Waals surface area contributed by atoms with Gasteiger partial charge in [-0.2, -0.15) is 5.10 Å². The zero-order chi connectivity index (χ0) is 17.6. The number of nitrogens with zero attached hydrogens (tertiary/aromatic N) is 2. The Kier molecular flexibility index (Phi) is 5.42. The second kappa shape index (κ2) is 7.91. The Labute approximate surface area is 144 Å². The molecule has 1 fully saturated rings. The summed E-state index contributed by atoms with van der Waals surface area (Å²) >= 11 is 0. The molecule has 1 saturated heterocycles. The molecular weight excluding hydrogens is 326 g/mol. The van der Waals surface area contributed by atoms with E-state index in [0.717, 1.165) is 12.8 Å². The number of hydrogen-bond donors (Lipinski definition) is 1. The van der Waals surface area contributed by atoms with Crippen molar-refractivity contribution in [2.45, 2.75) is 25.6 Å². The number of hydroxylamine groups is 1. The quantitative estimate of drug-likeness (QED) is 0.657. The fourth-order valence-corrected chi connectivity index (χ4v) is 2.49. The third kappa shape index (κ3) is 4.04. The van der Waals surface area contributed by atoms with Crippen LogP contribution in [0.5, 0.6) is 0 Å². The van der Waals surface area contributed by atoms with Crippen LogP contribution >= 0.6 is 0 Å². The first kappa shape index (κ1) is 17.1.